The molecular formula is C58H58F2O7. The molecule has 6 rings (SSSR count). The highest BCUT2D eigenvalue weighted by Gasteiger charge is 2.22. The molecule has 0 heterocycles. The van der Waals surface area contributed by atoms with Crippen LogP contribution < -0.4 is 4.74 Å². The predicted octanol–water partition coefficient (Wildman–Crippen LogP) is 13.4. The number of rotatable bonds is 23. The van der Waals surface area contributed by atoms with Crippen molar-refractivity contribution in [3.63, 3.8) is 0 Å². The highest BCUT2D eigenvalue weighted by molar-refractivity contribution is 5.92. The summed E-state index contributed by atoms with van der Waals surface area (Å²) in [5, 5.41) is 18.1. The van der Waals surface area contributed by atoms with Crippen molar-refractivity contribution < 1.29 is 42.9 Å². The fraction of sp³-hybridized carbons (Fsp3) is 0.259. The lowest BCUT2D eigenvalue weighted by atomic mass is 9.87. The highest BCUT2D eigenvalue weighted by atomic mass is 19.2. The van der Waals surface area contributed by atoms with Crippen LogP contribution in [-0.4, -0.2) is 41.3 Å². The maximum Gasteiger partial charge on any atom is 0.331 e. The van der Waals surface area contributed by atoms with Gasteiger partial charge in [0.25, 0.3) is 0 Å². The van der Waals surface area contributed by atoms with E-state index in [-0.39, 0.29) is 35.7 Å². The van der Waals surface area contributed by atoms with E-state index >= 15 is 8.78 Å². The van der Waals surface area contributed by atoms with Crippen LogP contribution in [0.4, 0.5) is 8.78 Å². The van der Waals surface area contributed by atoms with Gasteiger partial charge in [-0.25, -0.2) is 18.4 Å². The number of aliphatic carboxylic acids is 1. The van der Waals surface area contributed by atoms with Crippen LogP contribution in [0.1, 0.15) is 86.6 Å². The Bertz CT molecular complexity index is 2670. The number of carboxylic acids is 1. The summed E-state index contributed by atoms with van der Waals surface area (Å²) in [6, 6.07) is 38.2. The van der Waals surface area contributed by atoms with Crippen molar-refractivity contribution in [2.75, 3.05) is 13.2 Å². The van der Waals surface area contributed by atoms with Gasteiger partial charge in [-0.05, 0) is 124 Å². The van der Waals surface area contributed by atoms with E-state index < -0.39 is 36.0 Å². The SMILES string of the molecule is C=C(CC(=O)Oc1ccc(-c2c(CCc3cc(-c4ccc(CCCCC)cc4)ccc3-c3ccc(/C=C/C(=O)OCCO)cc3)cc(-c3ccc(CCCCC)cc3)c(F)c2F)cc1)C(=O)O. The first kappa shape index (κ1) is 49.5. The summed E-state index contributed by atoms with van der Waals surface area (Å²) in [6.07, 6.45) is 11.9. The molecule has 0 saturated heterocycles. The van der Waals surface area contributed by atoms with Gasteiger partial charge >= 0.3 is 17.9 Å². The van der Waals surface area contributed by atoms with Gasteiger partial charge in [0.15, 0.2) is 11.6 Å². The van der Waals surface area contributed by atoms with Gasteiger partial charge in [-0.15, -0.1) is 0 Å². The molecule has 0 radical (unpaired) electrons. The summed E-state index contributed by atoms with van der Waals surface area (Å²) < 4.78 is 43.6. The van der Waals surface area contributed by atoms with Crippen LogP contribution in [-0.2, 0) is 44.8 Å². The largest absolute Gasteiger partial charge is 0.478 e. The lowest BCUT2D eigenvalue weighted by molar-refractivity contribution is -0.138. The Balaban J connectivity index is 1.39. The van der Waals surface area contributed by atoms with Crippen molar-refractivity contribution in [2.24, 2.45) is 0 Å². The number of aliphatic hydroxyl groups is 1. The van der Waals surface area contributed by atoms with Crippen LogP contribution in [0.2, 0.25) is 0 Å². The Hall–Kier alpha value is -6.97. The fourth-order valence-electron chi connectivity index (χ4n) is 8.04. The molecule has 0 aliphatic carbocycles. The second kappa shape index (κ2) is 24.5. The van der Waals surface area contributed by atoms with Crippen molar-refractivity contribution in [3.8, 4) is 50.3 Å². The van der Waals surface area contributed by atoms with Crippen LogP contribution in [0.15, 0.2) is 140 Å². The van der Waals surface area contributed by atoms with Crippen molar-refractivity contribution >= 4 is 24.0 Å². The van der Waals surface area contributed by atoms with Crippen molar-refractivity contribution in [2.45, 2.75) is 84.5 Å². The molecule has 6 aromatic rings. The molecule has 0 bridgehead atoms. The maximum atomic E-state index is 16.8. The van der Waals surface area contributed by atoms with Crippen molar-refractivity contribution in [1.82, 2.24) is 0 Å². The molecule has 67 heavy (non-hydrogen) atoms. The molecule has 7 nitrogen and oxygen atoms in total. The molecule has 0 spiro atoms. The zero-order valence-electron chi connectivity index (χ0n) is 38.3. The second-order valence-electron chi connectivity index (χ2n) is 16.7. The quantitative estimate of drug-likeness (QED) is 0.0285. The Morgan fingerprint density at radius 1 is 0.612 bits per heavy atom. The molecule has 2 N–H and O–H groups in total. The van der Waals surface area contributed by atoms with E-state index in [4.69, 9.17) is 19.7 Å². The lowest BCUT2D eigenvalue weighted by Gasteiger charge is -2.18. The number of hydrogen-bond donors (Lipinski definition) is 2. The maximum absolute atomic E-state index is 16.8. The van der Waals surface area contributed by atoms with Gasteiger partial charge < -0.3 is 19.7 Å². The van der Waals surface area contributed by atoms with Gasteiger partial charge in [-0.3, -0.25) is 4.79 Å². The molecule has 0 aliphatic rings. The molecule has 0 atom stereocenters. The highest BCUT2D eigenvalue weighted by Crippen LogP contribution is 2.38. The number of esters is 2. The number of benzene rings is 6. The summed E-state index contributed by atoms with van der Waals surface area (Å²) in [4.78, 5) is 35.7. The van der Waals surface area contributed by atoms with Crippen LogP contribution >= 0.6 is 0 Å². The van der Waals surface area contributed by atoms with E-state index in [0.29, 0.717) is 29.5 Å². The van der Waals surface area contributed by atoms with E-state index in [9.17, 15) is 14.4 Å². The Kier molecular flexibility index (Phi) is 18.1. The van der Waals surface area contributed by atoms with Crippen molar-refractivity contribution in [3.05, 3.63) is 179 Å². The van der Waals surface area contributed by atoms with Gasteiger partial charge in [0.1, 0.15) is 12.4 Å². The number of hydrogen-bond acceptors (Lipinski definition) is 6. The van der Waals surface area contributed by atoms with E-state index in [1.54, 1.807) is 24.3 Å². The Morgan fingerprint density at radius 2 is 1.16 bits per heavy atom. The first-order valence-corrected chi connectivity index (χ1v) is 23.1. The topological polar surface area (TPSA) is 110 Å². The number of carbonyl (C=O) groups excluding carboxylic acids is 2. The minimum atomic E-state index is -1.31. The zero-order chi connectivity index (χ0) is 47.7. The number of carbonyl (C=O) groups is 3. The normalized spacial score (nSPS) is 11.2. The van der Waals surface area contributed by atoms with Gasteiger partial charge in [-0.1, -0.05) is 149 Å². The van der Waals surface area contributed by atoms with Crippen LogP contribution in [0.5, 0.6) is 5.75 Å². The predicted molar refractivity (Wildman–Crippen MR) is 263 cm³/mol. The molecule has 6 aromatic carbocycles. The Labute approximate surface area is 392 Å². The molecule has 0 unspecified atom stereocenters. The number of ether oxygens (including phenoxy) is 2. The summed E-state index contributed by atoms with van der Waals surface area (Å²) in [5.74, 6) is -4.54. The number of aryl methyl sites for hydroxylation is 4. The molecule has 346 valence electrons. The summed E-state index contributed by atoms with van der Waals surface area (Å²) in [7, 11) is 0. The van der Waals surface area contributed by atoms with Crippen LogP contribution in [0, 0.1) is 11.6 Å². The average molecular weight is 905 g/mol. The number of carboxylic acid groups (broad SMARTS) is 1. The van der Waals surface area contributed by atoms with Gasteiger partial charge in [0.2, 0.25) is 0 Å². The minimum Gasteiger partial charge on any atom is -0.478 e. The molecule has 0 aliphatic heterocycles. The lowest BCUT2D eigenvalue weighted by Crippen LogP contribution is -2.12. The van der Waals surface area contributed by atoms with E-state index in [0.717, 1.165) is 83.9 Å². The first-order chi connectivity index (χ1) is 32.5. The standard InChI is InChI=1S/C58H58F2O7/c1-4-6-8-10-40-12-19-43(20-13-40)47-29-32-51(44-21-16-42(17-22-44)18-33-53(62)66-35-34-61)48(37-47)25-26-49-38-52(45-23-14-41(15-24-45)11-9-7-5-2)56(59)57(60)55(49)46-27-30-50(31-28-46)67-54(63)36-39(3)58(64)65/h12-24,27-33,37-38,61H,3-11,25-26,34-36H2,1-2H3,(H,64,65)/b33-18+. The van der Waals surface area contributed by atoms with Crippen LogP contribution in [0.25, 0.3) is 50.6 Å². The van der Waals surface area contributed by atoms with E-state index in [1.165, 1.54) is 30.2 Å². The minimum absolute atomic E-state index is 0.0817. The first-order valence-electron chi connectivity index (χ1n) is 23.1. The van der Waals surface area contributed by atoms with E-state index in [2.05, 4.69) is 62.9 Å². The monoisotopic (exact) mass is 904 g/mol. The molecule has 0 fully saturated rings. The second-order valence-corrected chi connectivity index (χ2v) is 16.7. The smallest absolute Gasteiger partial charge is 0.331 e. The van der Waals surface area contributed by atoms with Crippen molar-refractivity contribution in [1.29, 1.82) is 0 Å². The van der Waals surface area contributed by atoms with Crippen LogP contribution in [0.3, 0.4) is 0 Å². The molecule has 0 amide bonds. The third-order valence-corrected chi connectivity index (χ3v) is 11.8. The van der Waals surface area contributed by atoms with E-state index in [1.807, 2.05) is 48.5 Å². The Morgan fingerprint density at radius 3 is 1.76 bits per heavy atom. The molecule has 0 aromatic heterocycles. The number of unbranched alkanes of at least 4 members (excludes halogenated alkanes) is 4. The molecule has 9 heteroatoms. The molecule has 0 saturated carbocycles. The summed E-state index contributed by atoms with van der Waals surface area (Å²) in [6.45, 7) is 7.40. The number of aliphatic hydroxyl groups excluding tert-OH is 1. The van der Waals surface area contributed by atoms with Gasteiger partial charge in [-0.2, -0.15) is 0 Å². The average Bonchev–Trinajstić information content (AvgIpc) is 3.34. The van der Waals surface area contributed by atoms with Gasteiger partial charge in [0.05, 0.1) is 13.0 Å². The third-order valence-electron chi connectivity index (χ3n) is 11.8. The summed E-state index contributed by atoms with van der Waals surface area (Å²) >= 11 is 0. The third kappa shape index (κ3) is 13.8. The fourth-order valence-corrected chi connectivity index (χ4v) is 8.04. The number of halogens is 2. The zero-order valence-corrected chi connectivity index (χ0v) is 38.3. The molecular weight excluding hydrogens is 847 g/mol. The summed E-state index contributed by atoms with van der Waals surface area (Å²) in [5.41, 5.74) is 9.56. The van der Waals surface area contributed by atoms with Gasteiger partial charge in [0, 0.05) is 22.8 Å².